The lowest BCUT2D eigenvalue weighted by molar-refractivity contribution is -0.119. The van der Waals surface area contributed by atoms with Crippen molar-refractivity contribution >= 4 is 34.5 Å². The fourth-order valence-corrected chi connectivity index (χ4v) is 3.72. The van der Waals surface area contributed by atoms with Crippen molar-refractivity contribution in [3.05, 3.63) is 70.5 Å². The Labute approximate surface area is 185 Å². The van der Waals surface area contributed by atoms with Gasteiger partial charge in [-0.15, -0.1) is 10.2 Å². The van der Waals surface area contributed by atoms with Crippen molar-refractivity contribution < 1.29 is 14.0 Å². The molecule has 2 aromatic heterocycles. The van der Waals surface area contributed by atoms with Gasteiger partial charge in [-0.2, -0.15) is 5.10 Å². The van der Waals surface area contributed by atoms with Gasteiger partial charge in [-0.3, -0.25) is 14.9 Å². The van der Waals surface area contributed by atoms with Gasteiger partial charge in [-0.25, -0.2) is 9.48 Å². The van der Waals surface area contributed by atoms with Crippen LogP contribution in [0.25, 0.3) is 22.4 Å². The van der Waals surface area contributed by atoms with Gasteiger partial charge in [0.25, 0.3) is 16.7 Å². The highest BCUT2D eigenvalue weighted by Crippen LogP contribution is 2.28. The lowest BCUT2D eigenvalue weighted by Gasteiger charge is -2.09. The van der Waals surface area contributed by atoms with Crippen molar-refractivity contribution in [2.75, 3.05) is 0 Å². The highest BCUT2D eigenvalue weighted by Gasteiger charge is 2.22. The van der Waals surface area contributed by atoms with E-state index in [2.05, 4.69) is 15.3 Å². The van der Waals surface area contributed by atoms with Gasteiger partial charge < -0.3 is 10.2 Å². The molecule has 4 rings (SSSR count). The third kappa shape index (κ3) is 4.52. The summed E-state index contributed by atoms with van der Waals surface area (Å²) in [7, 11) is 0. The summed E-state index contributed by atoms with van der Waals surface area (Å²) in [4.78, 5) is 35.7. The number of urea groups is 1. The molecule has 0 fully saturated rings. The fraction of sp³-hybridized carbons (Fsp3) is 0.143. The zero-order valence-electron chi connectivity index (χ0n) is 16.9. The van der Waals surface area contributed by atoms with Crippen LogP contribution < -0.4 is 16.6 Å². The smallest absolute Gasteiger partial charge is 0.318 e. The number of hydrogen-bond acceptors (Lipinski definition) is 8. The maximum Gasteiger partial charge on any atom is 0.318 e. The molecule has 2 heterocycles. The Hall–Kier alpha value is -3.99. The molecule has 3 amide bonds. The molecule has 0 aliphatic heterocycles. The number of amides is 3. The average Bonchev–Trinajstić information content (AvgIpc) is 3.24. The van der Waals surface area contributed by atoms with Gasteiger partial charge in [0.15, 0.2) is 5.69 Å². The molecule has 162 valence electrons. The first-order valence-corrected chi connectivity index (χ1v) is 10.4. The molecular formula is C21H18N6O4S. The van der Waals surface area contributed by atoms with Crippen LogP contribution in [0.1, 0.15) is 12.5 Å². The van der Waals surface area contributed by atoms with E-state index in [0.717, 1.165) is 17.3 Å². The van der Waals surface area contributed by atoms with Crippen LogP contribution in [0.15, 0.2) is 69.0 Å². The van der Waals surface area contributed by atoms with Crippen LogP contribution in [0.4, 0.5) is 4.79 Å². The van der Waals surface area contributed by atoms with E-state index in [1.165, 1.54) is 4.68 Å². The first-order chi connectivity index (χ1) is 15.4. The van der Waals surface area contributed by atoms with Crippen LogP contribution in [0.2, 0.25) is 0 Å². The Morgan fingerprint density at radius 1 is 1.09 bits per heavy atom. The Morgan fingerprint density at radius 2 is 1.78 bits per heavy atom. The number of benzene rings is 2. The fourth-order valence-electron chi connectivity index (χ4n) is 3.04. The van der Waals surface area contributed by atoms with Gasteiger partial charge in [0.2, 0.25) is 5.91 Å². The molecule has 0 saturated carbocycles. The first kappa shape index (κ1) is 21.2. The zero-order chi connectivity index (χ0) is 22.7. The standard InChI is InChI=1S/C21H18N6O4S/c1-12(17(28)23-20(22)30)32-21-25-24-18(31-21)16-14-9-5-6-10-15(14)19(29)27(26-16)11-13-7-3-2-4-8-13/h2-10,12H,11H2,1H3,(H3,22,23,28,30). The molecule has 1 atom stereocenters. The molecule has 0 bridgehead atoms. The van der Waals surface area contributed by atoms with Crippen molar-refractivity contribution in [3.63, 3.8) is 0 Å². The second kappa shape index (κ2) is 9.02. The van der Waals surface area contributed by atoms with Gasteiger partial charge >= 0.3 is 6.03 Å². The minimum absolute atomic E-state index is 0.105. The zero-order valence-corrected chi connectivity index (χ0v) is 17.7. The molecular weight excluding hydrogens is 432 g/mol. The summed E-state index contributed by atoms with van der Waals surface area (Å²) in [5.41, 5.74) is 6.00. The van der Waals surface area contributed by atoms with Gasteiger partial charge in [-0.1, -0.05) is 60.3 Å². The Bertz CT molecular complexity index is 1350. The highest BCUT2D eigenvalue weighted by molar-refractivity contribution is 8.00. The number of nitrogens with zero attached hydrogens (tertiary/aromatic N) is 4. The average molecular weight is 450 g/mol. The summed E-state index contributed by atoms with van der Waals surface area (Å²) in [6, 6.07) is 15.6. The van der Waals surface area contributed by atoms with Gasteiger partial charge in [-0.05, 0) is 18.6 Å². The van der Waals surface area contributed by atoms with E-state index in [-0.39, 0.29) is 23.2 Å². The predicted octanol–water partition coefficient (Wildman–Crippen LogP) is 2.17. The molecule has 0 aliphatic rings. The quantitative estimate of drug-likeness (QED) is 0.425. The van der Waals surface area contributed by atoms with Gasteiger partial charge in [0.05, 0.1) is 17.2 Å². The number of thioether (sulfide) groups is 1. The molecule has 0 radical (unpaired) electrons. The van der Waals surface area contributed by atoms with Crippen LogP contribution in [0.3, 0.4) is 0 Å². The van der Waals surface area contributed by atoms with E-state index in [4.69, 9.17) is 10.2 Å². The van der Waals surface area contributed by atoms with Gasteiger partial charge in [0.1, 0.15) is 0 Å². The number of carbonyl (C=O) groups excluding carboxylic acids is 2. The summed E-state index contributed by atoms with van der Waals surface area (Å²) in [5.74, 6) is -0.477. The summed E-state index contributed by atoms with van der Waals surface area (Å²) >= 11 is 0.968. The molecule has 32 heavy (non-hydrogen) atoms. The van der Waals surface area contributed by atoms with Crippen LogP contribution in [-0.2, 0) is 11.3 Å². The molecule has 11 heteroatoms. The number of hydrogen-bond donors (Lipinski definition) is 2. The molecule has 4 aromatic rings. The third-order valence-electron chi connectivity index (χ3n) is 4.55. The monoisotopic (exact) mass is 450 g/mol. The largest absolute Gasteiger partial charge is 0.409 e. The van der Waals surface area contributed by atoms with Crippen LogP contribution in [0.5, 0.6) is 0 Å². The summed E-state index contributed by atoms with van der Waals surface area (Å²) < 4.78 is 7.07. The molecule has 10 nitrogen and oxygen atoms in total. The molecule has 0 spiro atoms. The maximum absolute atomic E-state index is 13.0. The number of imide groups is 1. The summed E-state index contributed by atoms with van der Waals surface area (Å²) in [5, 5.41) is 14.9. The molecule has 3 N–H and O–H groups in total. The van der Waals surface area contributed by atoms with Crippen molar-refractivity contribution in [1.82, 2.24) is 25.3 Å². The topological polar surface area (TPSA) is 146 Å². The SMILES string of the molecule is CC(Sc1nnc(-c2nn(Cc3ccccc3)c(=O)c3ccccc23)o1)C(=O)NC(N)=O. The lowest BCUT2D eigenvalue weighted by atomic mass is 10.1. The van der Waals surface area contributed by atoms with Crippen molar-refractivity contribution in [2.24, 2.45) is 5.73 Å². The number of fused-ring (bicyclic) bond motifs is 1. The van der Waals surface area contributed by atoms with E-state index in [1.54, 1.807) is 31.2 Å². The van der Waals surface area contributed by atoms with Crippen LogP contribution >= 0.6 is 11.8 Å². The number of carbonyl (C=O) groups is 2. The second-order valence-electron chi connectivity index (χ2n) is 6.83. The Kier molecular flexibility index (Phi) is 5.99. The van der Waals surface area contributed by atoms with E-state index < -0.39 is 17.2 Å². The number of aromatic nitrogens is 4. The maximum atomic E-state index is 13.0. The van der Waals surface area contributed by atoms with E-state index in [9.17, 15) is 14.4 Å². The number of nitrogens with two attached hydrogens (primary N) is 1. The summed E-state index contributed by atoms with van der Waals surface area (Å²) in [6.07, 6.45) is 0. The van der Waals surface area contributed by atoms with Crippen molar-refractivity contribution in [2.45, 2.75) is 23.9 Å². The van der Waals surface area contributed by atoms with Crippen LogP contribution in [-0.4, -0.2) is 37.2 Å². The molecule has 1 unspecified atom stereocenters. The van der Waals surface area contributed by atoms with E-state index >= 15 is 0 Å². The van der Waals surface area contributed by atoms with E-state index in [0.29, 0.717) is 16.5 Å². The first-order valence-electron chi connectivity index (χ1n) is 9.57. The third-order valence-corrected chi connectivity index (χ3v) is 5.48. The highest BCUT2D eigenvalue weighted by atomic mass is 32.2. The molecule has 2 aromatic carbocycles. The molecule has 0 aliphatic carbocycles. The minimum Gasteiger partial charge on any atom is -0.409 e. The lowest BCUT2D eigenvalue weighted by Crippen LogP contribution is -2.39. The van der Waals surface area contributed by atoms with Crippen molar-refractivity contribution in [1.29, 1.82) is 0 Å². The Balaban J connectivity index is 1.70. The number of primary amides is 1. The van der Waals surface area contributed by atoms with Crippen molar-refractivity contribution in [3.8, 4) is 11.6 Å². The predicted molar refractivity (Wildman–Crippen MR) is 118 cm³/mol. The second-order valence-corrected chi connectivity index (χ2v) is 8.12. The van der Waals surface area contributed by atoms with Crippen LogP contribution in [0, 0.1) is 0 Å². The summed E-state index contributed by atoms with van der Waals surface area (Å²) in [6.45, 7) is 1.85. The normalized spacial score (nSPS) is 11.9. The minimum atomic E-state index is -0.940. The van der Waals surface area contributed by atoms with Gasteiger partial charge in [0, 0.05) is 5.39 Å². The number of rotatable bonds is 6. The Morgan fingerprint density at radius 3 is 2.50 bits per heavy atom. The van der Waals surface area contributed by atoms with E-state index in [1.807, 2.05) is 35.6 Å². The molecule has 0 saturated heterocycles. The number of nitrogens with one attached hydrogen (secondary N) is 1.